The molecule has 9 heteroatoms. The van der Waals surface area contributed by atoms with Gasteiger partial charge in [-0.15, -0.1) is 11.3 Å². The van der Waals surface area contributed by atoms with E-state index in [4.69, 9.17) is 10.5 Å². The number of hydrogen-bond donors (Lipinski definition) is 2. The zero-order chi connectivity index (χ0) is 25.4. The molecule has 0 saturated heterocycles. The molecule has 1 amide bonds. The molecule has 5 rings (SSSR count). The summed E-state index contributed by atoms with van der Waals surface area (Å²) in [7, 11) is 3.39. The molecule has 0 aliphatic rings. The van der Waals surface area contributed by atoms with Gasteiger partial charge < -0.3 is 30.3 Å². The zero-order valence-electron chi connectivity index (χ0n) is 19.4. The summed E-state index contributed by atoms with van der Waals surface area (Å²) in [6.07, 6.45) is 3.93. The first kappa shape index (κ1) is 23.1. The van der Waals surface area contributed by atoms with Gasteiger partial charge in [0.05, 0.1) is 18.8 Å². The Labute approximate surface area is 210 Å². The average Bonchev–Trinajstić information content (AvgIpc) is 3.47. The molecule has 3 N–H and O–H groups in total. The number of rotatable bonds is 6. The first-order valence-electron chi connectivity index (χ1n) is 11.0. The normalized spacial score (nSPS) is 11.4. The van der Waals surface area contributed by atoms with Crippen molar-refractivity contribution >= 4 is 61.8 Å². The fraction of sp³-hybridized carbons (Fsp3) is 0.0741. The Morgan fingerprint density at radius 3 is 2.75 bits per heavy atom. The van der Waals surface area contributed by atoms with Gasteiger partial charge in [-0.1, -0.05) is 30.3 Å². The lowest BCUT2D eigenvalue weighted by molar-refractivity contribution is -0.297. The largest absolute Gasteiger partial charge is 0.545 e. The number of carboxylic acids is 1. The van der Waals surface area contributed by atoms with Gasteiger partial charge >= 0.3 is 0 Å². The number of pyridine rings is 1. The number of nitrogen functional groups attached to an aromatic ring is 1. The van der Waals surface area contributed by atoms with Gasteiger partial charge in [-0.2, -0.15) is 0 Å². The number of carbonyl (C=O) groups excluding carboxylic acids is 2. The third kappa shape index (κ3) is 4.05. The fourth-order valence-corrected chi connectivity index (χ4v) is 5.31. The van der Waals surface area contributed by atoms with Crippen molar-refractivity contribution in [2.75, 3.05) is 18.2 Å². The van der Waals surface area contributed by atoms with Gasteiger partial charge in [0.1, 0.15) is 17.3 Å². The summed E-state index contributed by atoms with van der Waals surface area (Å²) in [6.45, 7) is 0. The second-order valence-corrected chi connectivity index (χ2v) is 9.00. The lowest BCUT2D eigenvalue weighted by atomic mass is 10.0. The molecule has 3 aromatic heterocycles. The van der Waals surface area contributed by atoms with E-state index in [9.17, 15) is 14.7 Å². The molecule has 36 heavy (non-hydrogen) atoms. The Balaban J connectivity index is 1.50. The third-order valence-electron chi connectivity index (χ3n) is 6.00. The summed E-state index contributed by atoms with van der Waals surface area (Å²) in [4.78, 5) is 28.2. The summed E-state index contributed by atoms with van der Waals surface area (Å²) < 4.78 is 8.25. The maximum Gasteiger partial charge on any atom is 0.272 e. The van der Waals surface area contributed by atoms with E-state index in [1.54, 1.807) is 6.07 Å². The third-order valence-corrected chi connectivity index (χ3v) is 7.03. The van der Waals surface area contributed by atoms with Crippen LogP contribution in [0.15, 0.2) is 66.2 Å². The van der Waals surface area contributed by atoms with Crippen molar-refractivity contribution in [1.82, 2.24) is 9.55 Å². The van der Waals surface area contributed by atoms with Gasteiger partial charge in [-0.05, 0) is 41.3 Å². The quantitative estimate of drug-likeness (QED) is 0.341. The number of aryl methyl sites for hydroxylation is 1. The molecule has 0 radical (unpaired) electrons. The SMILES string of the molecule is COc1cc(-c2csc3c(/C=C/C(=O)[O-])cnc(N)c23)ccc1NC(=O)c1cc2ccccc2n1C. The monoisotopic (exact) mass is 497 g/mol. The minimum Gasteiger partial charge on any atom is -0.545 e. The zero-order valence-corrected chi connectivity index (χ0v) is 20.3. The number of aliphatic carboxylic acids is 1. The number of methoxy groups -OCH3 is 1. The molecule has 5 aromatic rings. The van der Waals surface area contributed by atoms with Crippen LogP contribution in [-0.2, 0) is 11.8 Å². The Kier molecular flexibility index (Phi) is 5.91. The number of benzene rings is 2. The smallest absolute Gasteiger partial charge is 0.272 e. The number of nitrogens with one attached hydrogen (secondary N) is 1. The Morgan fingerprint density at radius 1 is 1.19 bits per heavy atom. The van der Waals surface area contributed by atoms with Crippen LogP contribution in [0.25, 0.3) is 38.2 Å². The lowest BCUT2D eigenvalue weighted by Crippen LogP contribution is -2.18. The summed E-state index contributed by atoms with van der Waals surface area (Å²) >= 11 is 1.43. The van der Waals surface area contributed by atoms with Gasteiger partial charge in [0.15, 0.2) is 0 Å². The maximum atomic E-state index is 13.1. The van der Waals surface area contributed by atoms with Crippen molar-refractivity contribution in [3.63, 3.8) is 0 Å². The average molecular weight is 498 g/mol. The van der Waals surface area contributed by atoms with Crippen LogP contribution < -0.4 is 20.9 Å². The van der Waals surface area contributed by atoms with Crippen LogP contribution in [0.5, 0.6) is 5.75 Å². The second-order valence-electron chi connectivity index (χ2n) is 8.12. The second kappa shape index (κ2) is 9.20. The molecule has 0 aliphatic carbocycles. The summed E-state index contributed by atoms with van der Waals surface area (Å²) in [5.74, 6) is -0.724. The minimum absolute atomic E-state index is 0.251. The molecule has 0 fully saturated rings. The van der Waals surface area contributed by atoms with Crippen LogP contribution in [-0.4, -0.2) is 28.5 Å². The van der Waals surface area contributed by atoms with Crippen LogP contribution >= 0.6 is 11.3 Å². The highest BCUT2D eigenvalue weighted by Crippen LogP contribution is 2.41. The maximum absolute atomic E-state index is 13.1. The highest BCUT2D eigenvalue weighted by atomic mass is 32.1. The number of carboxylic acid groups (broad SMARTS) is 1. The van der Waals surface area contributed by atoms with E-state index in [0.717, 1.165) is 38.2 Å². The van der Waals surface area contributed by atoms with Crippen molar-refractivity contribution in [2.45, 2.75) is 0 Å². The molecule has 3 heterocycles. The molecule has 0 spiro atoms. The number of fused-ring (bicyclic) bond motifs is 2. The van der Waals surface area contributed by atoms with E-state index in [-0.39, 0.29) is 5.91 Å². The number of nitrogens with zero attached hydrogens (tertiary/aromatic N) is 2. The summed E-state index contributed by atoms with van der Waals surface area (Å²) in [5.41, 5.74) is 10.5. The Morgan fingerprint density at radius 2 is 2.00 bits per heavy atom. The fourth-order valence-electron chi connectivity index (χ4n) is 4.23. The van der Waals surface area contributed by atoms with Crippen molar-refractivity contribution in [1.29, 1.82) is 0 Å². The van der Waals surface area contributed by atoms with Gasteiger partial charge in [-0.3, -0.25) is 4.79 Å². The summed E-state index contributed by atoms with van der Waals surface area (Å²) in [6, 6.07) is 15.1. The predicted octanol–water partition coefficient (Wildman–Crippen LogP) is 4.06. The van der Waals surface area contributed by atoms with Crippen molar-refractivity contribution in [2.24, 2.45) is 7.05 Å². The highest BCUT2D eigenvalue weighted by Gasteiger charge is 2.18. The molecule has 8 nitrogen and oxygen atoms in total. The van der Waals surface area contributed by atoms with Crippen LogP contribution in [0.2, 0.25) is 0 Å². The number of anilines is 2. The van der Waals surface area contributed by atoms with E-state index in [2.05, 4.69) is 10.3 Å². The molecular formula is C27H21N4O4S-. The number of amides is 1. The van der Waals surface area contributed by atoms with Gasteiger partial charge in [0.25, 0.3) is 5.91 Å². The summed E-state index contributed by atoms with van der Waals surface area (Å²) in [5, 5.41) is 17.4. The highest BCUT2D eigenvalue weighted by molar-refractivity contribution is 7.18. The van der Waals surface area contributed by atoms with Gasteiger partial charge in [-0.25, -0.2) is 4.98 Å². The van der Waals surface area contributed by atoms with E-state index in [0.29, 0.717) is 28.5 Å². The Hall–Kier alpha value is -4.63. The van der Waals surface area contributed by atoms with Crippen LogP contribution in [0, 0.1) is 0 Å². The standard InChI is InChI=1S/C27H22N4O4S/c1-31-20-6-4-3-5-16(20)11-21(31)27(34)30-19-9-7-15(12-22(19)35-2)18-14-36-25-17(8-10-23(32)33)13-29-26(28)24(18)25/h3-14H,1-2H3,(H2,28,29)(H,30,34)(H,32,33)/p-1/b10-8+. The molecule has 0 unspecified atom stereocenters. The first-order valence-corrected chi connectivity index (χ1v) is 11.8. The Bertz CT molecular complexity index is 1680. The van der Waals surface area contributed by atoms with Crippen molar-refractivity contribution in [3.05, 3.63) is 77.4 Å². The van der Waals surface area contributed by atoms with Crippen molar-refractivity contribution < 1.29 is 19.4 Å². The van der Waals surface area contributed by atoms with E-state index >= 15 is 0 Å². The predicted molar refractivity (Wildman–Crippen MR) is 141 cm³/mol. The minimum atomic E-state index is -1.29. The number of hydrogen-bond acceptors (Lipinski definition) is 7. The first-order chi connectivity index (χ1) is 17.4. The van der Waals surface area contributed by atoms with Crippen LogP contribution in [0.1, 0.15) is 16.1 Å². The topological polar surface area (TPSA) is 122 Å². The number of ether oxygens (including phenoxy) is 1. The van der Waals surface area contributed by atoms with Gasteiger partial charge in [0.2, 0.25) is 0 Å². The molecule has 0 saturated carbocycles. The number of carbonyl (C=O) groups is 2. The number of aromatic nitrogens is 2. The molecular weight excluding hydrogens is 476 g/mol. The number of thiophene rings is 1. The van der Waals surface area contributed by atoms with E-state index in [1.165, 1.54) is 30.7 Å². The molecule has 0 atom stereocenters. The molecule has 0 bridgehead atoms. The van der Waals surface area contributed by atoms with E-state index < -0.39 is 5.97 Å². The number of nitrogens with two attached hydrogens (primary N) is 1. The molecule has 0 aliphatic heterocycles. The molecule has 180 valence electrons. The number of para-hydroxylation sites is 1. The lowest BCUT2D eigenvalue weighted by Gasteiger charge is -2.13. The van der Waals surface area contributed by atoms with Crippen LogP contribution in [0.4, 0.5) is 11.5 Å². The van der Waals surface area contributed by atoms with Crippen molar-refractivity contribution in [3.8, 4) is 16.9 Å². The van der Waals surface area contributed by atoms with E-state index in [1.807, 2.05) is 59.5 Å². The molecule has 2 aromatic carbocycles. The van der Waals surface area contributed by atoms with Gasteiger partial charge in [0, 0.05) is 45.4 Å². The van der Waals surface area contributed by atoms with Crippen LogP contribution in [0.3, 0.4) is 0 Å².